The molecule has 4 N–H and O–H groups in total. The second-order valence-electron chi connectivity index (χ2n) is 5.87. The maximum Gasteiger partial charge on any atom is 0.271 e. The van der Waals surface area contributed by atoms with E-state index in [4.69, 9.17) is 27.8 Å². The summed E-state index contributed by atoms with van der Waals surface area (Å²) < 4.78 is 33.2. The van der Waals surface area contributed by atoms with Crippen molar-refractivity contribution < 1.29 is 13.2 Å². The Kier molecular flexibility index (Phi) is 5.30. The molecule has 0 fully saturated rings. The number of nitrogens with two attached hydrogens (primary N) is 2. The van der Waals surface area contributed by atoms with Crippen LogP contribution in [0.4, 0.5) is 0 Å². The van der Waals surface area contributed by atoms with Gasteiger partial charge in [0, 0.05) is 22.2 Å². The minimum Gasteiger partial charge on any atom is -0.495 e. The summed E-state index contributed by atoms with van der Waals surface area (Å²) >= 11 is 6.03. The first-order valence-electron chi connectivity index (χ1n) is 8.08. The molecule has 0 saturated heterocycles. The Morgan fingerprint density at radius 3 is 2.54 bits per heavy atom. The molecule has 2 aromatic carbocycles. The van der Waals surface area contributed by atoms with Gasteiger partial charge in [-0.3, -0.25) is 0 Å². The first-order chi connectivity index (χ1) is 13.3. The van der Waals surface area contributed by atoms with Gasteiger partial charge in [0.05, 0.1) is 18.3 Å². The smallest absolute Gasteiger partial charge is 0.271 e. The summed E-state index contributed by atoms with van der Waals surface area (Å²) in [5.41, 5.74) is 12.1. The first-order valence-corrected chi connectivity index (χ1v) is 9.90. The van der Waals surface area contributed by atoms with Crippen LogP contribution < -0.4 is 16.2 Å². The molecule has 28 heavy (non-hydrogen) atoms. The molecule has 0 spiro atoms. The third-order valence-electron chi connectivity index (χ3n) is 4.05. The number of aromatic nitrogens is 1. The fourth-order valence-corrected chi connectivity index (χ4v) is 4.57. The van der Waals surface area contributed by atoms with E-state index in [2.05, 4.69) is 10.2 Å². The van der Waals surface area contributed by atoms with Gasteiger partial charge in [-0.2, -0.15) is 5.10 Å². The maximum absolute atomic E-state index is 13.4. The van der Waals surface area contributed by atoms with E-state index < -0.39 is 10.0 Å². The van der Waals surface area contributed by atoms with Crippen molar-refractivity contribution in [2.45, 2.75) is 11.8 Å². The Labute approximate surface area is 167 Å². The quantitative estimate of drug-likeness (QED) is 0.373. The van der Waals surface area contributed by atoms with Crippen LogP contribution >= 0.6 is 11.6 Å². The van der Waals surface area contributed by atoms with E-state index in [9.17, 15) is 8.42 Å². The molecule has 0 aliphatic carbocycles. The second kappa shape index (κ2) is 7.53. The Balaban J connectivity index is 2.29. The van der Waals surface area contributed by atoms with Gasteiger partial charge in [0.1, 0.15) is 10.6 Å². The van der Waals surface area contributed by atoms with Gasteiger partial charge in [-0.1, -0.05) is 29.8 Å². The highest BCUT2D eigenvalue weighted by Crippen LogP contribution is 2.32. The second-order valence-corrected chi connectivity index (χ2v) is 8.09. The Bertz CT molecular complexity index is 1210. The number of para-hydroxylation sites is 1. The minimum atomic E-state index is -4.01. The lowest BCUT2D eigenvalue weighted by atomic mass is 10.1. The van der Waals surface area contributed by atoms with Crippen molar-refractivity contribution in [3.63, 3.8) is 0 Å². The summed E-state index contributed by atoms with van der Waals surface area (Å²) in [5, 5.41) is 8.56. The van der Waals surface area contributed by atoms with Gasteiger partial charge >= 0.3 is 0 Å². The molecule has 10 heteroatoms. The maximum atomic E-state index is 13.4. The highest BCUT2D eigenvalue weighted by atomic mass is 35.5. The zero-order valence-electron chi connectivity index (χ0n) is 15.1. The van der Waals surface area contributed by atoms with Crippen LogP contribution in [-0.2, 0) is 10.0 Å². The molecule has 8 nitrogen and oxygen atoms in total. The Morgan fingerprint density at radius 1 is 1.14 bits per heavy atom. The fraction of sp³-hybridized carbons (Fsp3) is 0.111. The number of nitrogens with zero attached hydrogens (tertiary/aromatic N) is 3. The van der Waals surface area contributed by atoms with E-state index in [-0.39, 0.29) is 21.6 Å². The average molecular weight is 420 g/mol. The molecule has 0 radical (unpaired) electrons. The molecule has 0 bridgehead atoms. The number of hydrogen-bond acceptors (Lipinski definition) is 5. The third kappa shape index (κ3) is 3.54. The number of rotatable bonds is 5. The van der Waals surface area contributed by atoms with Crippen LogP contribution in [-0.4, -0.2) is 31.2 Å². The molecule has 0 atom stereocenters. The van der Waals surface area contributed by atoms with E-state index in [0.29, 0.717) is 22.2 Å². The molecule has 0 saturated carbocycles. The number of benzene rings is 2. The first kappa shape index (κ1) is 19.7. The SMILES string of the molecule is COc1ccc(Cl)cc1S(=O)(=O)n1cc(/C(C)=N\N=C(N)N)c2ccccc21. The summed E-state index contributed by atoms with van der Waals surface area (Å²) in [4.78, 5) is -0.0476. The van der Waals surface area contributed by atoms with E-state index in [0.717, 1.165) is 0 Å². The van der Waals surface area contributed by atoms with Gasteiger partial charge in [0.25, 0.3) is 10.0 Å². The van der Waals surface area contributed by atoms with Crippen molar-refractivity contribution in [3.05, 3.63) is 59.2 Å². The van der Waals surface area contributed by atoms with Crippen LogP contribution in [0.3, 0.4) is 0 Å². The van der Waals surface area contributed by atoms with Crippen LogP contribution in [0.1, 0.15) is 12.5 Å². The number of ether oxygens (including phenoxy) is 1. The van der Waals surface area contributed by atoms with Gasteiger partial charge in [-0.25, -0.2) is 12.4 Å². The molecule has 0 amide bonds. The summed E-state index contributed by atoms with van der Waals surface area (Å²) in [6.45, 7) is 1.69. The summed E-state index contributed by atoms with van der Waals surface area (Å²) in [7, 11) is -2.61. The van der Waals surface area contributed by atoms with Gasteiger partial charge in [0.2, 0.25) is 5.96 Å². The molecule has 1 aromatic heterocycles. The normalized spacial score (nSPS) is 12.2. The molecular weight excluding hydrogens is 402 g/mol. The van der Waals surface area contributed by atoms with Crippen molar-refractivity contribution in [2.24, 2.45) is 21.7 Å². The predicted molar refractivity (Wildman–Crippen MR) is 111 cm³/mol. The zero-order chi connectivity index (χ0) is 20.5. The number of hydrogen-bond donors (Lipinski definition) is 2. The Morgan fingerprint density at radius 2 is 1.86 bits per heavy atom. The molecular formula is C18H18ClN5O3S. The van der Waals surface area contributed by atoms with Crippen LogP contribution in [0.5, 0.6) is 5.75 Å². The topological polar surface area (TPSA) is 125 Å². The standard InChI is InChI=1S/C18H18ClN5O3S/c1-11(22-23-18(20)21)14-10-24(15-6-4-3-5-13(14)15)28(25,26)17-9-12(19)7-8-16(17)27-2/h3-10H,1-2H3,(H4,20,21,23)/b22-11-. The summed E-state index contributed by atoms with van der Waals surface area (Å²) in [5.74, 6) is -0.00556. The highest BCUT2D eigenvalue weighted by molar-refractivity contribution is 7.90. The molecule has 146 valence electrons. The van der Waals surface area contributed by atoms with Crippen LogP contribution in [0.25, 0.3) is 10.9 Å². The van der Waals surface area contributed by atoms with Crippen LogP contribution in [0, 0.1) is 0 Å². The van der Waals surface area contributed by atoms with Gasteiger partial charge in [0.15, 0.2) is 0 Å². The van der Waals surface area contributed by atoms with Crippen LogP contribution in [0.2, 0.25) is 5.02 Å². The predicted octanol–water partition coefficient (Wildman–Crippen LogP) is 2.54. The highest BCUT2D eigenvalue weighted by Gasteiger charge is 2.25. The largest absolute Gasteiger partial charge is 0.495 e. The number of methoxy groups -OCH3 is 1. The van der Waals surface area contributed by atoms with Crippen molar-refractivity contribution in [2.75, 3.05) is 7.11 Å². The lowest BCUT2D eigenvalue weighted by Gasteiger charge is -2.11. The molecule has 3 aromatic rings. The van der Waals surface area contributed by atoms with Crippen LogP contribution in [0.15, 0.2) is 63.8 Å². The minimum absolute atomic E-state index is 0.0476. The summed E-state index contributed by atoms with van der Waals surface area (Å²) in [6.07, 6.45) is 1.47. The average Bonchev–Trinajstić information content (AvgIpc) is 3.06. The molecule has 1 heterocycles. The van der Waals surface area contributed by atoms with Crippen molar-refractivity contribution in [1.29, 1.82) is 0 Å². The van der Waals surface area contributed by atoms with Gasteiger partial charge in [-0.15, -0.1) is 5.10 Å². The van der Waals surface area contributed by atoms with Gasteiger partial charge < -0.3 is 16.2 Å². The van der Waals surface area contributed by atoms with E-state index in [1.165, 1.54) is 29.4 Å². The van der Waals surface area contributed by atoms with Crippen molar-refractivity contribution in [1.82, 2.24) is 3.97 Å². The van der Waals surface area contributed by atoms with E-state index in [1.54, 1.807) is 37.3 Å². The zero-order valence-corrected chi connectivity index (χ0v) is 16.7. The number of halogens is 1. The van der Waals surface area contributed by atoms with E-state index >= 15 is 0 Å². The molecule has 0 aliphatic heterocycles. The van der Waals surface area contributed by atoms with Crippen molar-refractivity contribution in [3.8, 4) is 5.75 Å². The Hall–Kier alpha value is -3.04. The number of fused-ring (bicyclic) bond motifs is 1. The lowest BCUT2D eigenvalue weighted by molar-refractivity contribution is 0.402. The fourth-order valence-electron chi connectivity index (χ4n) is 2.78. The molecule has 0 unspecified atom stereocenters. The van der Waals surface area contributed by atoms with Crippen molar-refractivity contribution >= 4 is 44.2 Å². The lowest BCUT2D eigenvalue weighted by Crippen LogP contribution is -2.22. The number of guanidine groups is 1. The van der Waals surface area contributed by atoms with E-state index in [1.807, 2.05) is 0 Å². The third-order valence-corrected chi connectivity index (χ3v) is 5.98. The van der Waals surface area contributed by atoms with Gasteiger partial charge in [-0.05, 0) is 31.2 Å². The molecule has 3 rings (SSSR count). The summed E-state index contributed by atoms with van der Waals surface area (Å²) in [6, 6.07) is 11.5. The monoisotopic (exact) mass is 419 g/mol. The molecule has 0 aliphatic rings.